The lowest BCUT2D eigenvalue weighted by atomic mass is 9.76. The Kier molecular flexibility index (Phi) is 5.61. The van der Waals surface area contributed by atoms with Crippen LogP contribution in [0.1, 0.15) is 18.1 Å². The third-order valence-electron chi connectivity index (χ3n) is 6.51. The van der Waals surface area contributed by atoms with Gasteiger partial charge < -0.3 is 5.11 Å². The van der Waals surface area contributed by atoms with Gasteiger partial charge in [0.15, 0.2) is 0 Å². The highest BCUT2D eigenvalue weighted by molar-refractivity contribution is 6.31. The van der Waals surface area contributed by atoms with E-state index in [9.17, 15) is 9.90 Å². The van der Waals surface area contributed by atoms with Gasteiger partial charge in [-0.3, -0.25) is 9.80 Å². The minimum atomic E-state index is -1.76. The van der Waals surface area contributed by atoms with Gasteiger partial charge in [0.2, 0.25) is 5.72 Å². The van der Waals surface area contributed by atoms with Crippen molar-refractivity contribution in [3.63, 3.8) is 0 Å². The molecule has 0 saturated carbocycles. The second-order valence-corrected chi connectivity index (χ2v) is 9.26. The number of hydrogen-bond acceptors (Lipinski definition) is 2. The second kappa shape index (κ2) is 8.48. The lowest BCUT2D eigenvalue weighted by molar-refractivity contribution is -0.0125. The molecule has 4 nitrogen and oxygen atoms in total. The topological polar surface area (TPSA) is 43.8 Å². The van der Waals surface area contributed by atoms with Crippen molar-refractivity contribution in [2.75, 3.05) is 9.80 Å². The Balaban J connectivity index is 1.85. The molecule has 1 aliphatic heterocycles. The highest BCUT2D eigenvalue weighted by Gasteiger charge is 2.67. The van der Waals surface area contributed by atoms with Gasteiger partial charge in [-0.15, -0.1) is 0 Å². The molecule has 0 spiro atoms. The van der Waals surface area contributed by atoms with E-state index in [-0.39, 0.29) is 6.03 Å². The van der Waals surface area contributed by atoms with Crippen molar-refractivity contribution >= 4 is 40.6 Å². The van der Waals surface area contributed by atoms with E-state index in [0.717, 1.165) is 5.56 Å². The van der Waals surface area contributed by atoms with Crippen LogP contribution in [-0.2, 0) is 11.3 Å². The van der Waals surface area contributed by atoms with Crippen LogP contribution >= 0.6 is 23.2 Å². The van der Waals surface area contributed by atoms with E-state index in [2.05, 4.69) is 0 Å². The monoisotopic (exact) mass is 488 g/mol. The van der Waals surface area contributed by atoms with Crippen molar-refractivity contribution < 1.29 is 9.90 Å². The molecule has 2 amide bonds. The SMILES string of the molecule is CC1(c2ccccc2)N(c2ccc(Cl)cc2)C(=O)N(c2ccc(Cl)cc2)C1(O)c1ccccc1. The summed E-state index contributed by atoms with van der Waals surface area (Å²) in [6.45, 7) is 1.89. The molecule has 2 unspecified atom stereocenters. The number of nitrogens with zero attached hydrogens (tertiary/aromatic N) is 2. The number of amides is 2. The van der Waals surface area contributed by atoms with Gasteiger partial charge in [-0.25, -0.2) is 4.79 Å². The average Bonchev–Trinajstić information content (AvgIpc) is 3.05. The molecule has 6 heteroatoms. The number of carbonyl (C=O) groups is 1. The van der Waals surface area contributed by atoms with E-state index < -0.39 is 11.3 Å². The van der Waals surface area contributed by atoms with Crippen molar-refractivity contribution in [2.45, 2.75) is 18.2 Å². The fourth-order valence-corrected chi connectivity index (χ4v) is 5.08. The molecule has 5 rings (SSSR count). The average molecular weight is 489 g/mol. The summed E-state index contributed by atoms with van der Waals surface area (Å²) in [5, 5.41) is 13.9. The summed E-state index contributed by atoms with van der Waals surface area (Å²) in [5.41, 5.74) is -0.464. The Morgan fingerprint density at radius 2 is 1.03 bits per heavy atom. The Morgan fingerprint density at radius 1 is 0.618 bits per heavy atom. The van der Waals surface area contributed by atoms with Crippen LogP contribution in [0.2, 0.25) is 10.0 Å². The number of urea groups is 1. The van der Waals surface area contributed by atoms with Gasteiger partial charge in [0.25, 0.3) is 0 Å². The number of rotatable bonds is 4. The molecule has 0 aliphatic carbocycles. The van der Waals surface area contributed by atoms with E-state index >= 15 is 0 Å². The molecule has 1 heterocycles. The summed E-state index contributed by atoms with van der Waals surface area (Å²) < 4.78 is 0. The highest BCUT2D eigenvalue weighted by Crippen LogP contribution is 2.55. The number of anilines is 2. The van der Waals surface area contributed by atoms with Crippen molar-refractivity contribution in [3.05, 3.63) is 130 Å². The summed E-state index contributed by atoms with van der Waals surface area (Å²) in [7, 11) is 0. The quantitative estimate of drug-likeness (QED) is 0.330. The predicted molar refractivity (Wildman–Crippen MR) is 137 cm³/mol. The number of benzene rings is 4. The molecule has 4 aromatic rings. The molecule has 1 aliphatic rings. The summed E-state index contributed by atoms with van der Waals surface area (Å²) in [5.74, 6) is 0. The lowest BCUT2D eigenvalue weighted by Gasteiger charge is -2.45. The molecule has 1 saturated heterocycles. The number of aliphatic hydroxyl groups is 1. The normalized spacial score (nSPS) is 22.3. The van der Waals surface area contributed by atoms with Gasteiger partial charge in [0.05, 0.1) is 0 Å². The van der Waals surface area contributed by atoms with Crippen LogP contribution in [0.25, 0.3) is 0 Å². The molecular formula is C28H22Cl2N2O2. The Hall–Kier alpha value is -3.31. The van der Waals surface area contributed by atoms with Crippen LogP contribution in [0.5, 0.6) is 0 Å². The van der Waals surface area contributed by atoms with Crippen LogP contribution in [-0.4, -0.2) is 11.1 Å². The first-order chi connectivity index (χ1) is 16.4. The maximum atomic E-state index is 14.3. The summed E-state index contributed by atoms with van der Waals surface area (Å²) in [4.78, 5) is 17.4. The number of halogens is 2. The highest BCUT2D eigenvalue weighted by atomic mass is 35.5. The number of hydrogen-bond donors (Lipinski definition) is 1. The minimum absolute atomic E-state index is 0.373. The largest absolute Gasteiger partial charge is 0.364 e. The van der Waals surface area contributed by atoms with E-state index in [1.807, 2.05) is 67.6 Å². The Labute approximate surface area is 208 Å². The van der Waals surface area contributed by atoms with Crippen LogP contribution in [0.15, 0.2) is 109 Å². The smallest absolute Gasteiger partial charge is 0.332 e. The third-order valence-corrected chi connectivity index (χ3v) is 7.02. The van der Waals surface area contributed by atoms with Gasteiger partial charge in [-0.2, -0.15) is 0 Å². The summed E-state index contributed by atoms with van der Waals surface area (Å²) in [6, 6.07) is 32.4. The van der Waals surface area contributed by atoms with Crippen molar-refractivity contribution in [3.8, 4) is 0 Å². The molecule has 2 atom stereocenters. The molecule has 34 heavy (non-hydrogen) atoms. The zero-order valence-corrected chi connectivity index (χ0v) is 19.9. The van der Waals surface area contributed by atoms with E-state index in [1.54, 1.807) is 53.4 Å². The fraction of sp³-hybridized carbons (Fsp3) is 0.107. The fourth-order valence-electron chi connectivity index (χ4n) is 4.82. The van der Waals surface area contributed by atoms with Gasteiger partial charge in [-0.05, 0) is 61.0 Å². The zero-order chi connectivity index (χ0) is 23.9. The molecular weight excluding hydrogens is 467 g/mol. The van der Waals surface area contributed by atoms with Crippen LogP contribution in [0.3, 0.4) is 0 Å². The maximum Gasteiger partial charge on any atom is 0.332 e. The standard InChI is InChI=1S/C28H22Cl2N2O2/c1-27(20-8-4-2-5-9-20)28(34,21-10-6-3-7-11-21)32(25-18-14-23(30)15-19-25)26(33)31(27)24-16-12-22(29)13-17-24/h2-19,34H,1H3. The van der Waals surface area contributed by atoms with Crippen molar-refractivity contribution in [1.82, 2.24) is 0 Å². The molecule has 0 radical (unpaired) electrons. The maximum absolute atomic E-state index is 14.3. The van der Waals surface area contributed by atoms with Gasteiger partial charge >= 0.3 is 6.03 Å². The van der Waals surface area contributed by atoms with Crippen LogP contribution < -0.4 is 9.80 Å². The molecule has 0 aromatic heterocycles. The first-order valence-corrected chi connectivity index (χ1v) is 11.6. The predicted octanol–water partition coefficient (Wildman–Crippen LogP) is 7.20. The van der Waals surface area contributed by atoms with Crippen molar-refractivity contribution in [1.29, 1.82) is 0 Å². The molecule has 0 bridgehead atoms. The van der Waals surface area contributed by atoms with Crippen molar-refractivity contribution in [2.24, 2.45) is 0 Å². The van der Waals surface area contributed by atoms with Gasteiger partial charge in [0.1, 0.15) is 5.54 Å². The van der Waals surface area contributed by atoms with Crippen LogP contribution in [0, 0.1) is 0 Å². The third kappa shape index (κ3) is 3.30. The van der Waals surface area contributed by atoms with E-state index in [4.69, 9.17) is 23.2 Å². The first kappa shape index (κ1) is 22.5. The van der Waals surface area contributed by atoms with E-state index in [0.29, 0.717) is 27.0 Å². The van der Waals surface area contributed by atoms with Gasteiger partial charge in [0, 0.05) is 27.0 Å². The zero-order valence-electron chi connectivity index (χ0n) is 18.4. The Bertz CT molecular complexity index is 1210. The second-order valence-electron chi connectivity index (χ2n) is 8.38. The minimum Gasteiger partial charge on any atom is -0.364 e. The lowest BCUT2D eigenvalue weighted by Crippen LogP contribution is -2.56. The molecule has 170 valence electrons. The first-order valence-electron chi connectivity index (χ1n) is 10.9. The summed E-state index contributed by atoms with van der Waals surface area (Å²) >= 11 is 12.3. The molecule has 4 aromatic carbocycles. The Morgan fingerprint density at radius 3 is 1.50 bits per heavy atom. The van der Waals surface area contributed by atoms with Crippen LogP contribution in [0.4, 0.5) is 16.2 Å². The molecule has 1 N–H and O–H groups in total. The molecule has 1 fully saturated rings. The van der Waals surface area contributed by atoms with Gasteiger partial charge in [-0.1, -0.05) is 83.9 Å². The summed E-state index contributed by atoms with van der Waals surface area (Å²) in [6.07, 6.45) is 0. The van der Waals surface area contributed by atoms with E-state index in [1.165, 1.54) is 4.90 Å². The number of carbonyl (C=O) groups excluding carboxylic acids is 1.